The predicted octanol–water partition coefficient (Wildman–Crippen LogP) is 2.95. The van der Waals surface area contributed by atoms with Crippen LogP contribution in [0.25, 0.3) is 0 Å². The standard InChI is InChI=1S/C18H31N4O2S/c1-18(2,3)21-16-15-14(8-12-25(15)23)19-17(20-16)22(4)9-5-13-6-10-24-11-7-13/h13,23H,5-12H2,1-4H3,(H,19,20,21)/q+1. The molecule has 25 heavy (non-hydrogen) atoms. The average molecular weight is 368 g/mol. The first-order valence-electron chi connectivity index (χ1n) is 9.21. The van der Waals surface area contributed by atoms with E-state index in [0.717, 1.165) is 79.5 Å². The highest BCUT2D eigenvalue weighted by Gasteiger charge is 2.39. The number of fused-ring (bicyclic) bond motifs is 1. The van der Waals surface area contributed by atoms with Crippen LogP contribution in [0.1, 0.15) is 45.7 Å². The lowest BCUT2D eigenvalue weighted by atomic mass is 9.96. The summed E-state index contributed by atoms with van der Waals surface area (Å²) in [5, 5.41) is 3.47. The molecule has 3 rings (SSSR count). The number of rotatable bonds is 5. The van der Waals surface area contributed by atoms with Gasteiger partial charge in [0.25, 0.3) is 4.90 Å². The van der Waals surface area contributed by atoms with Crippen molar-refractivity contribution in [3.8, 4) is 0 Å². The lowest BCUT2D eigenvalue weighted by Crippen LogP contribution is -2.30. The Balaban J connectivity index is 1.75. The minimum Gasteiger partial charge on any atom is -0.381 e. The number of anilines is 2. The number of aromatic nitrogens is 2. The molecule has 0 saturated carbocycles. The van der Waals surface area contributed by atoms with Gasteiger partial charge >= 0.3 is 0 Å². The molecule has 1 aromatic heterocycles. The molecule has 0 radical (unpaired) electrons. The zero-order chi connectivity index (χ0) is 18.0. The highest BCUT2D eigenvalue weighted by Crippen LogP contribution is 2.33. The van der Waals surface area contributed by atoms with Crippen molar-refractivity contribution >= 4 is 22.9 Å². The molecule has 140 valence electrons. The topological polar surface area (TPSA) is 70.5 Å². The van der Waals surface area contributed by atoms with E-state index in [4.69, 9.17) is 14.7 Å². The molecule has 1 aromatic rings. The highest BCUT2D eigenvalue weighted by molar-refractivity contribution is 7.92. The zero-order valence-corrected chi connectivity index (χ0v) is 16.7. The van der Waals surface area contributed by atoms with Gasteiger partial charge in [-0.25, -0.2) is 4.98 Å². The van der Waals surface area contributed by atoms with E-state index >= 15 is 0 Å². The normalized spacial score (nSPS) is 21.2. The Morgan fingerprint density at radius 3 is 2.68 bits per heavy atom. The van der Waals surface area contributed by atoms with Crippen molar-refractivity contribution in [1.82, 2.24) is 9.97 Å². The monoisotopic (exact) mass is 367 g/mol. The Hall–Kier alpha value is -1.05. The van der Waals surface area contributed by atoms with Crippen LogP contribution in [0.4, 0.5) is 11.8 Å². The van der Waals surface area contributed by atoms with Crippen LogP contribution in [0.15, 0.2) is 4.90 Å². The van der Waals surface area contributed by atoms with Gasteiger partial charge in [-0.15, -0.1) is 0 Å². The van der Waals surface area contributed by atoms with E-state index in [-0.39, 0.29) is 5.54 Å². The molecule has 6 nitrogen and oxygen atoms in total. The number of ether oxygens (including phenoxy) is 1. The Morgan fingerprint density at radius 1 is 1.28 bits per heavy atom. The molecular weight excluding hydrogens is 336 g/mol. The first-order chi connectivity index (χ1) is 11.8. The third kappa shape index (κ3) is 4.77. The van der Waals surface area contributed by atoms with Gasteiger partial charge in [-0.3, -0.25) is 0 Å². The van der Waals surface area contributed by atoms with Gasteiger partial charge in [0.2, 0.25) is 5.95 Å². The van der Waals surface area contributed by atoms with Gasteiger partial charge in [-0.1, -0.05) is 0 Å². The summed E-state index contributed by atoms with van der Waals surface area (Å²) in [5.74, 6) is 3.06. The molecule has 1 fully saturated rings. The quantitative estimate of drug-likeness (QED) is 0.780. The summed E-state index contributed by atoms with van der Waals surface area (Å²) in [4.78, 5) is 12.6. The molecule has 0 aromatic carbocycles. The Morgan fingerprint density at radius 2 is 2.00 bits per heavy atom. The summed E-state index contributed by atoms with van der Waals surface area (Å²) in [5.41, 5.74) is 0.896. The predicted molar refractivity (Wildman–Crippen MR) is 104 cm³/mol. The van der Waals surface area contributed by atoms with Crippen LogP contribution < -0.4 is 10.2 Å². The number of nitrogens with zero attached hydrogens (tertiary/aromatic N) is 3. The van der Waals surface area contributed by atoms with E-state index in [9.17, 15) is 4.55 Å². The smallest absolute Gasteiger partial charge is 0.253 e. The SMILES string of the molecule is CN(CCC1CCOCC1)c1nc2c(c(NC(C)(C)C)n1)[S+](O)CC2. The minimum atomic E-state index is -0.743. The van der Waals surface area contributed by atoms with Gasteiger partial charge in [-0.05, 0) is 46.0 Å². The molecule has 0 spiro atoms. The molecule has 2 aliphatic heterocycles. The highest BCUT2D eigenvalue weighted by atomic mass is 32.2. The Labute approximate surface area is 153 Å². The van der Waals surface area contributed by atoms with Gasteiger partial charge in [-0.2, -0.15) is 9.54 Å². The molecule has 0 bridgehead atoms. The number of hydrogen-bond donors (Lipinski definition) is 2. The lowest BCUT2D eigenvalue weighted by molar-refractivity contribution is 0.0645. The van der Waals surface area contributed by atoms with Crippen molar-refractivity contribution in [2.45, 2.75) is 56.9 Å². The summed E-state index contributed by atoms with van der Waals surface area (Å²) in [7, 11) is 2.07. The van der Waals surface area contributed by atoms with Gasteiger partial charge in [0.15, 0.2) is 22.7 Å². The van der Waals surface area contributed by atoms with Crippen molar-refractivity contribution in [3.63, 3.8) is 0 Å². The summed E-state index contributed by atoms with van der Waals surface area (Å²) in [6, 6.07) is 0. The fourth-order valence-corrected chi connectivity index (χ4v) is 4.65. The van der Waals surface area contributed by atoms with Crippen LogP contribution >= 0.6 is 0 Å². The molecule has 1 atom stereocenters. The number of hydrogen-bond acceptors (Lipinski definition) is 6. The van der Waals surface area contributed by atoms with Crippen LogP contribution in [0.3, 0.4) is 0 Å². The van der Waals surface area contributed by atoms with Crippen molar-refractivity contribution in [1.29, 1.82) is 0 Å². The Bertz CT molecular complexity index is 599. The fraction of sp³-hybridized carbons (Fsp3) is 0.778. The second-order valence-corrected chi connectivity index (χ2v) is 9.65. The summed E-state index contributed by atoms with van der Waals surface area (Å²) in [6.45, 7) is 9.06. The van der Waals surface area contributed by atoms with Crippen molar-refractivity contribution in [3.05, 3.63) is 5.69 Å². The van der Waals surface area contributed by atoms with Crippen LogP contribution in [0.5, 0.6) is 0 Å². The van der Waals surface area contributed by atoms with E-state index in [1.165, 1.54) is 0 Å². The molecule has 1 saturated heterocycles. The zero-order valence-electron chi connectivity index (χ0n) is 15.8. The molecule has 0 aliphatic carbocycles. The largest absolute Gasteiger partial charge is 0.381 e. The average Bonchev–Trinajstić information content (AvgIpc) is 2.93. The van der Waals surface area contributed by atoms with Crippen molar-refractivity contribution in [2.24, 2.45) is 5.92 Å². The van der Waals surface area contributed by atoms with Crippen LogP contribution in [0.2, 0.25) is 0 Å². The molecule has 3 heterocycles. The van der Waals surface area contributed by atoms with Gasteiger partial charge < -0.3 is 15.0 Å². The maximum absolute atomic E-state index is 10.3. The van der Waals surface area contributed by atoms with E-state index in [1.54, 1.807) is 0 Å². The van der Waals surface area contributed by atoms with Gasteiger partial charge in [0, 0.05) is 38.8 Å². The lowest BCUT2D eigenvalue weighted by Gasteiger charge is -2.26. The van der Waals surface area contributed by atoms with E-state index in [0.29, 0.717) is 0 Å². The van der Waals surface area contributed by atoms with E-state index in [1.807, 2.05) is 0 Å². The second kappa shape index (κ2) is 7.68. The molecule has 2 N–H and O–H groups in total. The molecule has 1 unspecified atom stereocenters. The van der Waals surface area contributed by atoms with Crippen LogP contribution in [-0.2, 0) is 22.3 Å². The maximum atomic E-state index is 10.3. The first-order valence-corrected chi connectivity index (χ1v) is 10.6. The van der Waals surface area contributed by atoms with Gasteiger partial charge in [0.05, 0.1) is 0 Å². The Kier molecular flexibility index (Phi) is 5.75. The van der Waals surface area contributed by atoms with E-state index < -0.39 is 11.2 Å². The maximum Gasteiger partial charge on any atom is 0.253 e. The summed E-state index contributed by atoms with van der Waals surface area (Å²) >= 11 is -0.743. The van der Waals surface area contributed by atoms with Crippen molar-refractivity contribution in [2.75, 3.05) is 42.8 Å². The minimum absolute atomic E-state index is 0.104. The summed E-state index contributed by atoms with van der Waals surface area (Å²) in [6.07, 6.45) is 4.29. The fourth-order valence-electron chi connectivity index (χ4n) is 3.32. The third-order valence-electron chi connectivity index (χ3n) is 4.74. The van der Waals surface area contributed by atoms with Crippen molar-refractivity contribution < 1.29 is 9.29 Å². The van der Waals surface area contributed by atoms with Crippen LogP contribution in [-0.4, -0.2) is 52.6 Å². The van der Waals surface area contributed by atoms with Crippen LogP contribution in [0, 0.1) is 5.92 Å². The molecule has 7 heteroatoms. The number of aryl methyl sites for hydroxylation is 1. The molecule has 0 amide bonds. The number of nitrogens with one attached hydrogen (secondary N) is 1. The first kappa shape index (κ1) is 18.7. The second-order valence-electron chi connectivity index (χ2n) is 8.11. The third-order valence-corrected chi connectivity index (χ3v) is 6.23. The summed E-state index contributed by atoms with van der Waals surface area (Å²) < 4.78 is 15.8. The van der Waals surface area contributed by atoms with E-state index in [2.05, 4.69) is 38.0 Å². The molecule has 2 aliphatic rings. The van der Waals surface area contributed by atoms with Gasteiger partial charge in [0.1, 0.15) is 5.69 Å². The molecular formula is C18H31N4O2S+.